The molecule has 0 spiro atoms. The Hall–Kier alpha value is -1.04. The van der Waals surface area contributed by atoms with Crippen LogP contribution in [0.4, 0.5) is 0 Å². The van der Waals surface area contributed by atoms with Crippen LogP contribution in [0, 0.1) is 13.0 Å². The highest BCUT2D eigenvalue weighted by molar-refractivity contribution is 5.46. The highest BCUT2D eigenvalue weighted by Gasteiger charge is 1.83. The first-order valence-corrected chi connectivity index (χ1v) is 2.93. The number of hydrogen-bond acceptors (Lipinski definition) is 0. The van der Waals surface area contributed by atoms with Gasteiger partial charge in [-0.25, -0.2) is 0 Å². The molecule has 0 saturated carbocycles. The fourth-order valence-corrected chi connectivity index (χ4v) is 0.642. The summed E-state index contributed by atoms with van der Waals surface area (Å²) in [6.45, 7) is 5.67. The normalized spacial score (nSPS) is 9.00. The van der Waals surface area contributed by atoms with E-state index in [1.54, 1.807) is 6.08 Å². The smallest absolute Gasteiger partial charge is 0.0103 e. The minimum absolute atomic E-state index is 1.06. The van der Waals surface area contributed by atoms with Crippen molar-refractivity contribution in [2.24, 2.45) is 0 Å². The molecule has 1 aromatic carbocycles. The zero-order chi connectivity index (χ0) is 6.69. The maximum Gasteiger partial charge on any atom is -0.0103 e. The third-order valence-corrected chi connectivity index (χ3v) is 1.21. The minimum Gasteiger partial charge on any atom is -0.0984 e. The van der Waals surface area contributed by atoms with Crippen LogP contribution in [0.1, 0.15) is 11.1 Å². The van der Waals surface area contributed by atoms with Crippen molar-refractivity contribution in [2.45, 2.75) is 6.92 Å². The van der Waals surface area contributed by atoms with Crippen molar-refractivity contribution in [2.75, 3.05) is 0 Å². The van der Waals surface area contributed by atoms with Crippen LogP contribution in [0.2, 0.25) is 0 Å². The standard InChI is InChI=1S/C9H9/c1-3-9-6-4-8(2)5-7-9/h3-6H,1H2,2H3. The molecular weight excluding hydrogens is 108 g/mol. The third-order valence-electron chi connectivity index (χ3n) is 1.21. The molecule has 0 amide bonds. The molecule has 0 aromatic heterocycles. The highest BCUT2D eigenvalue weighted by atomic mass is 13.9. The van der Waals surface area contributed by atoms with E-state index in [0.717, 1.165) is 5.56 Å². The Labute approximate surface area is 55.8 Å². The third kappa shape index (κ3) is 1.43. The maximum absolute atomic E-state index is 3.63. The molecule has 0 bridgehead atoms. The van der Waals surface area contributed by atoms with E-state index < -0.39 is 0 Å². The van der Waals surface area contributed by atoms with Crippen LogP contribution >= 0.6 is 0 Å². The van der Waals surface area contributed by atoms with Crippen LogP contribution < -0.4 is 0 Å². The zero-order valence-corrected chi connectivity index (χ0v) is 5.52. The van der Waals surface area contributed by atoms with Crippen molar-refractivity contribution < 1.29 is 0 Å². The lowest BCUT2D eigenvalue weighted by molar-refractivity contribution is 1.46. The first-order valence-electron chi connectivity index (χ1n) is 2.93. The fourth-order valence-electron chi connectivity index (χ4n) is 0.642. The van der Waals surface area contributed by atoms with Gasteiger partial charge in [0, 0.05) is 0 Å². The largest absolute Gasteiger partial charge is 0.0984 e. The summed E-state index contributed by atoms with van der Waals surface area (Å²) in [6, 6.07) is 9.08. The number of rotatable bonds is 1. The van der Waals surface area contributed by atoms with Gasteiger partial charge in [-0.05, 0) is 18.6 Å². The molecule has 0 nitrogen and oxygen atoms in total. The molecule has 0 atom stereocenters. The van der Waals surface area contributed by atoms with Crippen LogP contribution in [0.5, 0.6) is 0 Å². The Kier molecular flexibility index (Phi) is 1.69. The second kappa shape index (κ2) is 2.49. The summed E-state index contributed by atoms with van der Waals surface area (Å²) < 4.78 is 0. The highest BCUT2D eigenvalue weighted by Crippen LogP contribution is 2.01. The van der Waals surface area contributed by atoms with Gasteiger partial charge in [0.25, 0.3) is 0 Å². The Morgan fingerprint density at radius 2 is 2.33 bits per heavy atom. The summed E-state index contributed by atoms with van der Waals surface area (Å²) in [7, 11) is 0. The lowest BCUT2D eigenvalue weighted by atomic mass is 10.2. The van der Waals surface area contributed by atoms with Crippen molar-refractivity contribution >= 4 is 6.08 Å². The number of aryl methyl sites for hydroxylation is 1. The first-order chi connectivity index (χ1) is 4.33. The van der Waals surface area contributed by atoms with Crippen molar-refractivity contribution in [1.29, 1.82) is 0 Å². The van der Waals surface area contributed by atoms with Crippen LogP contribution in [0.15, 0.2) is 24.8 Å². The lowest BCUT2D eigenvalue weighted by Gasteiger charge is -1.90. The average molecular weight is 117 g/mol. The molecule has 1 radical (unpaired) electrons. The molecule has 0 heterocycles. The average Bonchev–Trinajstić information content (AvgIpc) is 1.90. The summed E-state index contributed by atoms with van der Waals surface area (Å²) in [5.74, 6) is 0. The molecule has 0 aliphatic heterocycles. The van der Waals surface area contributed by atoms with Crippen LogP contribution in [-0.2, 0) is 0 Å². The SMILES string of the molecule is C=Cc1[c]cc(C)cc1. The molecule has 0 fully saturated rings. The van der Waals surface area contributed by atoms with Gasteiger partial charge in [-0.1, -0.05) is 36.4 Å². The van der Waals surface area contributed by atoms with Gasteiger partial charge in [0.05, 0.1) is 0 Å². The summed E-state index contributed by atoms with van der Waals surface area (Å²) in [6.07, 6.45) is 1.79. The van der Waals surface area contributed by atoms with E-state index in [4.69, 9.17) is 0 Å². The van der Waals surface area contributed by atoms with Crippen molar-refractivity contribution in [3.8, 4) is 0 Å². The predicted molar refractivity (Wildman–Crippen MR) is 40.1 cm³/mol. The maximum atomic E-state index is 3.63. The summed E-state index contributed by atoms with van der Waals surface area (Å²) >= 11 is 0. The molecule has 45 valence electrons. The predicted octanol–water partition coefficient (Wildman–Crippen LogP) is 2.44. The molecule has 0 N–H and O–H groups in total. The molecule has 0 aliphatic carbocycles. The van der Waals surface area contributed by atoms with Gasteiger partial charge < -0.3 is 0 Å². The van der Waals surface area contributed by atoms with Crippen LogP contribution in [-0.4, -0.2) is 0 Å². The minimum atomic E-state index is 1.06. The summed E-state index contributed by atoms with van der Waals surface area (Å²) in [4.78, 5) is 0. The Balaban J connectivity index is 3.01. The Morgan fingerprint density at radius 3 is 2.78 bits per heavy atom. The second-order valence-electron chi connectivity index (χ2n) is 2.03. The molecule has 1 rings (SSSR count). The summed E-state index contributed by atoms with van der Waals surface area (Å²) in [5, 5.41) is 0. The fraction of sp³-hybridized carbons (Fsp3) is 0.111. The van der Waals surface area contributed by atoms with Gasteiger partial charge in [0.2, 0.25) is 0 Å². The summed E-state index contributed by atoms with van der Waals surface area (Å²) in [5.41, 5.74) is 2.29. The number of hydrogen-bond donors (Lipinski definition) is 0. The topological polar surface area (TPSA) is 0 Å². The first kappa shape index (κ1) is 6.09. The van der Waals surface area contributed by atoms with Gasteiger partial charge in [-0.15, -0.1) is 0 Å². The number of benzene rings is 1. The Morgan fingerprint density at radius 1 is 1.56 bits per heavy atom. The molecular formula is C9H9. The molecule has 0 saturated heterocycles. The quantitative estimate of drug-likeness (QED) is 0.530. The molecule has 0 unspecified atom stereocenters. The van der Waals surface area contributed by atoms with Crippen LogP contribution in [0.25, 0.3) is 6.08 Å². The monoisotopic (exact) mass is 117 g/mol. The molecule has 1 aromatic rings. The van der Waals surface area contributed by atoms with E-state index in [-0.39, 0.29) is 0 Å². The van der Waals surface area contributed by atoms with E-state index in [0.29, 0.717) is 0 Å². The van der Waals surface area contributed by atoms with Crippen molar-refractivity contribution in [3.63, 3.8) is 0 Å². The van der Waals surface area contributed by atoms with Gasteiger partial charge in [-0.2, -0.15) is 0 Å². The van der Waals surface area contributed by atoms with Gasteiger partial charge in [0.1, 0.15) is 0 Å². The molecule has 9 heavy (non-hydrogen) atoms. The van der Waals surface area contributed by atoms with E-state index in [2.05, 4.69) is 12.6 Å². The van der Waals surface area contributed by atoms with Gasteiger partial charge in [0.15, 0.2) is 0 Å². The van der Waals surface area contributed by atoms with Crippen molar-refractivity contribution in [1.82, 2.24) is 0 Å². The van der Waals surface area contributed by atoms with E-state index in [1.165, 1.54) is 5.56 Å². The van der Waals surface area contributed by atoms with Crippen molar-refractivity contribution in [3.05, 3.63) is 42.0 Å². The zero-order valence-electron chi connectivity index (χ0n) is 5.52. The van der Waals surface area contributed by atoms with Gasteiger partial charge >= 0.3 is 0 Å². The van der Waals surface area contributed by atoms with E-state index in [9.17, 15) is 0 Å². The van der Waals surface area contributed by atoms with Crippen LogP contribution in [0.3, 0.4) is 0 Å². The Bertz CT molecular complexity index is 194. The molecule has 0 heteroatoms. The molecule has 0 aliphatic rings. The lowest BCUT2D eigenvalue weighted by Crippen LogP contribution is -1.72. The van der Waals surface area contributed by atoms with E-state index >= 15 is 0 Å². The second-order valence-corrected chi connectivity index (χ2v) is 2.03. The van der Waals surface area contributed by atoms with E-state index in [1.807, 2.05) is 25.1 Å². The van der Waals surface area contributed by atoms with Gasteiger partial charge in [-0.3, -0.25) is 0 Å².